The van der Waals surface area contributed by atoms with Gasteiger partial charge in [-0.25, -0.2) is 8.42 Å². The Morgan fingerprint density at radius 2 is 1.78 bits per heavy atom. The lowest BCUT2D eigenvalue weighted by Gasteiger charge is -2.18. The van der Waals surface area contributed by atoms with Crippen LogP contribution < -0.4 is 15.4 Å². The van der Waals surface area contributed by atoms with Crippen molar-refractivity contribution in [1.82, 2.24) is 10.6 Å². The molecule has 0 aliphatic rings. The Kier molecular flexibility index (Phi) is 7.50. The fourth-order valence-corrected chi connectivity index (χ4v) is 3.11. The fraction of sp³-hybridized carbons (Fsp3) is 0.316. The molecule has 2 aromatic rings. The zero-order chi connectivity index (χ0) is 19.9. The monoisotopic (exact) mass is 409 g/mol. The van der Waals surface area contributed by atoms with E-state index in [9.17, 15) is 8.42 Å². The molecule has 0 saturated carbocycles. The average Bonchev–Trinajstić information content (AvgIpc) is 2.64. The number of sulfone groups is 1. The summed E-state index contributed by atoms with van der Waals surface area (Å²) in [7, 11) is -1.49. The third-order valence-corrected chi connectivity index (χ3v) is 5.24. The van der Waals surface area contributed by atoms with Crippen LogP contribution >= 0.6 is 11.6 Å². The molecule has 27 heavy (non-hydrogen) atoms. The second-order valence-corrected chi connectivity index (χ2v) is 8.46. The average molecular weight is 410 g/mol. The second-order valence-electron chi connectivity index (χ2n) is 6.01. The molecular formula is C19H24ClN3O3S. The first-order chi connectivity index (χ1) is 12.8. The van der Waals surface area contributed by atoms with Gasteiger partial charge < -0.3 is 15.4 Å². The molecule has 6 nitrogen and oxygen atoms in total. The van der Waals surface area contributed by atoms with Crippen LogP contribution in [0.1, 0.15) is 18.5 Å². The van der Waals surface area contributed by atoms with Gasteiger partial charge >= 0.3 is 0 Å². The summed E-state index contributed by atoms with van der Waals surface area (Å²) in [5.74, 6) is 1.27. The van der Waals surface area contributed by atoms with Gasteiger partial charge in [-0.1, -0.05) is 23.7 Å². The van der Waals surface area contributed by atoms with E-state index in [1.165, 1.54) is 18.4 Å². The Morgan fingerprint density at radius 1 is 1.15 bits per heavy atom. The quantitative estimate of drug-likeness (QED) is 0.417. The number of nitrogens with zero attached hydrogens (tertiary/aromatic N) is 1. The summed E-state index contributed by atoms with van der Waals surface area (Å²) in [6, 6.07) is 14.1. The number of halogens is 1. The van der Waals surface area contributed by atoms with Crippen molar-refractivity contribution in [2.24, 2.45) is 4.99 Å². The number of aliphatic imine (C=N–C) groups is 1. The van der Waals surface area contributed by atoms with Crippen LogP contribution in [0.25, 0.3) is 0 Å². The molecule has 0 bridgehead atoms. The lowest BCUT2D eigenvalue weighted by Crippen LogP contribution is -2.40. The van der Waals surface area contributed by atoms with Crippen molar-refractivity contribution in [1.29, 1.82) is 0 Å². The maximum Gasteiger partial charge on any atom is 0.191 e. The molecule has 0 aromatic heterocycles. The fourth-order valence-electron chi connectivity index (χ4n) is 2.36. The smallest absolute Gasteiger partial charge is 0.191 e. The zero-order valence-corrected chi connectivity index (χ0v) is 17.1. The molecule has 2 aromatic carbocycles. The molecule has 146 valence electrons. The Balaban J connectivity index is 1.78. The van der Waals surface area contributed by atoms with Gasteiger partial charge in [0.15, 0.2) is 15.8 Å². The summed E-state index contributed by atoms with van der Waals surface area (Å²) in [6.07, 6.45) is 1.18. The highest BCUT2D eigenvalue weighted by molar-refractivity contribution is 7.90. The molecule has 2 rings (SSSR count). The minimum Gasteiger partial charge on any atom is -0.492 e. The number of ether oxygens (including phenoxy) is 1. The van der Waals surface area contributed by atoms with E-state index in [1.54, 1.807) is 19.2 Å². The molecule has 1 unspecified atom stereocenters. The molecule has 1 atom stereocenters. The van der Waals surface area contributed by atoms with E-state index in [0.29, 0.717) is 29.9 Å². The Hall–Kier alpha value is -2.25. The first-order valence-electron chi connectivity index (χ1n) is 8.45. The highest BCUT2D eigenvalue weighted by Crippen LogP contribution is 2.16. The Labute approximate surface area is 165 Å². The largest absolute Gasteiger partial charge is 0.492 e. The first kappa shape index (κ1) is 21.1. The number of nitrogens with one attached hydrogen (secondary N) is 2. The summed E-state index contributed by atoms with van der Waals surface area (Å²) in [4.78, 5) is 4.47. The van der Waals surface area contributed by atoms with Crippen molar-refractivity contribution in [2.45, 2.75) is 17.9 Å². The Morgan fingerprint density at radius 3 is 2.33 bits per heavy atom. The van der Waals surface area contributed by atoms with Crippen LogP contribution in [0.5, 0.6) is 5.75 Å². The minimum atomic E-state index is -3.20. The van der Waals surface area contributed by atoms with Gasteiger partial charge in [0.25, 0.3) is 0 Å². The van der Waals surface area contributed by atoms with E-state index in [1.807, 2.05) is 31.2 Å². The lowest BCUT2D eigenvalue weighted by molar-refractivity contribution is 0.321. The molecule has 0 aliphatic carbocycles. The highest BCUT2D eigenvalue weighted by Gasteiger charge is 2.08. The van der Waals surface area contributed by atoms with Crippen molar-refractivity contribution in [2.75, 3.05) is 26.5 Å². The standard InChI is InChI=1S/C19H24ClN3O3S/c1-14(15-4-6-16(20)7-5-15)23-19(21-2)22-12-13-26-17-8-10-18(11-9-17)27(3,24)25/h4-11,14H,12-13H2,1-3H3,(H2,21,22,23). The van der Waals surface area contributed by atoms with Gasteiger partial charge in [0, 0.05) is 18.3 Å². The summed E-state index contributed by atoms with van der Waals surface area (Å²) in [5.41, 5.74) is 1.10. The minimum absolute atomic E-state index is 0.0675. The van der Waals surface area contributed by atoms with Gasteiger partial charge in [0.1, 0.15) is 12.4 Å². The predicted octanol–water partition coefficient (Wildman–Crippen LogP) is 3.05. The van der Waals surface area contributed by atoms with E-state index in [0.717, 1.165) is 5.56 Å². The van der Waals surface area contributed by atoms with Crippen molar-refractivity contribution in [3.05, 3.63) is 59.1 Å². The van der Waals surface area contributed by atoms with Crippen molar-refractivity contribution in [3.63, 3.8) is 0 Å². The van der Waals surface area contributed by atoms with E-state index < -0.39 is 9.84 Å². The van der Waals surface area contributed by atoms with E-state index in [2.05, 4.69) is 15.6 Å². The van der Waals surface area contributed by atoms with Crippen LogP contribution in [0.2, 0.25) is 5.02 Å². The first-order valence-corrected chi connectivity index (χ1v) is 10.7. The van der Waals surface area contributed by atoms with Gasteiger partial charge in [-0.3, -0.25) is 4.99 Å². The second kappa shape index (κ2) is 9.62. The molecule has 0 saturated heterocycles. The van der Waals surface area contributed by atoms with Crippen molar-refractivity contribution in [3.8, 4) is 5.75 Å². The van der Waals surface area contributed by atoms with Crippen molar-refractivity contribution < 1.29 is 13.2 Å². The summed E-state index contributed by atoms with van der Waals surface area (Å²) in [6.45, 7) is 2.99. The highest BCUT2D eigenvalue weighted by atomic mass is 35.5. The number of rotatable bonds is 7. The van der Waals surface area contributed by atoms with E-state index in [-0.39, 0.29) is 10.9 Å². The van der Waals surface area contributed by atoms with Gasteiger partial charge in [-0.15, -0.1) is 0 Å². The molecule has 8 heteroatoms. The maximum absolute atomic E-state index is 11.4. The molecule has 0 radical (unpaired) electrons. The molecular weight excluding hydrogens is 386 g/mol. The topological polar surface area (TPSA) is 79.8 Å². The predicted molar refractivity (Wildman–Crippen MR) is 109 cm³/mol. The zero-order valence-electron chi connectivity index (χ0n) is 15.6. The van der Waals surface area contributed by atoms with Crippen LogP contribution in [0.4, 0.5) is 0 Å². The summed E-state index contributed by atoms with van der Waals surface area (Å²) < 4.78 is 28.5. The Bertz CT molecular complexity index is 866. The number of benzene rings is 2. The molecule has 0 aliphatic heterocycles. The summed E-state index contributed by atoms with van der Waals surface area (Å²) >= 11 is 5.92. The maximum atomic E-state index is 11.4. The van der Waals surface area contributed by atoms with Gasteiger partial charge in [-0.05, 0) is 48.9 Å². The SMILES string of the molecule is CN=C(NCCOc1ccc(S(C)(=O)=O)cc1)NC(C)c1ccc(Cl)cc1. The van der Waals surface area contributed by atoms with E-state index in [4.69, 9.17) is 16.3 Å². The number of guanidine groups is 1. The molecule has 0 fully saturated rings. The van der Waals surface area contributed by atoms with Crippen LogP contribution in [0.15, 0.2) is 58.4 Å². The normalized spacial score (nSPS) is 13.1. The number of hydrogen-bond donors (Lipinski definition) is 2. The van der Waals surface area contributed by atoms with Gasteiger partial charge in [0.2, 0.25) is 0 Å². The van der Waals surface area contributed by atoms with Crippen LogP contribution in [-0.4, -0.2) is 40.8 Å². The van der Waals surface area contributed by atoms with Gasteiger partial charge in [0.05, 0.1) is 17.5 Å². The van der Waals surface area contributed by atoms with E-state index >= 15 is 0 Å². The van der Waals surface area contributed by atoms with Crippen LogP contribution in [-0.2, 0) is 9.84 Å². The molecule has 0 spiro atoms. The number of hydrogen-bond acceptors (Lipinski definition) is 4. The lowest BCUT2D eigenvalue weighted by atomic mass is 10.1. The molecule has 0 amide bonds. The third-order valence-electron chi connectivity index (χ3n) is 3.86. The van der Waals surface area contributed by atoms with Crippen molar-refractivity contribution >= 4 is 27.4 Å². The molecule has 2 N–H and O–H groups in total. The van der Waals surface area contributed by atoms with Crippen LogP contribution in [0.3, 0.4) is 0 Å². The van der Waals surface area contributed by atoms with Gasteiger partial charge in [-0.2, -0.15) is 0 Å². The third kappa shape index (κ3) is 6.77. The molecule has 0 heterocycles. The van der Waals surface area contributed by atoms with Crippen LogP contribution in [0, 0.1) is 0 Å². The summed E-state index contributed by atoms with van der Waals surface area (Å²) in [5, 5.41) is 7.18.